The van der Waals surface area contributed by atoms with Crippen LogP contribution in [0.4, 0.5) is 4.39 Å². The van der Waals surface area contributed by atoms with Crippen LogP contribution in [0.1, 0.15) is 32.6 Å². The smallest absolute Gasteiger partial charge is 0.123 e. The Hall–Kier alpha value is -0.540. The first-order valence-corrected chi connectivity index (χ1v) is 7.31. The second-order valence-corrected chi connectivity index (χ2v) is 6.03. The van der Waals surface area contributed by atoms with Crippen LogP contribution in [0, 0.1) is 5.82 Å². The fourth-order valence-corrected chi connectivity index (χ4v) is 3.55. The van der Waals surface area contributed by atoms with Gasteiger partial charge in [-0.25, -0.2) is 4.39 Å². The molecule has 0 aromatic heterocycles. The molecule has 0 heterocycles. The Kier molecular flexibility index (Phi) is 4.86. The average molecular weight is 253 g/mol. The van der Waals surface area contributed by atoms with E-state index in [1.807, 2.05) is 23.9 Å². The molecule has 94 valence electrons. The van der Waals surface area contributed by atoms with Gasteiger partial charge in [0, 0.05) is 16.2 Å². The van der Waals surface area contributed by atoms with E-state index in [0.29, 0.717) is 11.3 Å². The van der Waals surface area contributed by atoms with E-state index in [1.165, 1.54) is 30.6 Å². The number of hydrogen-bond donors (Lipinski definition) is 1. The van der Waals surface area contributed by atoms with Gasteiger partial charge in [0.2, 0.25) is 0 Å². The minimum absolute atomic E-state index is 0.150. The molecular weight excluding hydrogens is 233 g/mol. The monoisotopic (exact) mass is 253 g/mol. The van der Waals surface area contributed by atoms with E-state index in [-0.39, 0.29) is 5.82 Å². The zero-order chi connectivity index (χ0) is 12.1. The molecule has 0 bridgehead atoms. The first-order valence-electron chi connectivity index (χ1n) is 6.43. The molecule has 2 rings (SSSR count). The predicted octanol–water partition coefficient (Wildman–Crippen LogP) is 3.84. The van der Waals surface area contributed by atoms with Crippen molar-refractivity contribution in [2.45, 2.75) is 48.8 Å². The summed E-state index contributed by atoms with van der Waals surface area (Å²) in [4.78, 5) is 1.19. The maximum absolute atomic E-state index is 12.8. The quantitative estimate of drug-likeness (QED) is 0.855. The molecule has 0 amide bonds. The second-order valence-electron chi connectivity index (χ2n) is 4.66. The highest BCUT2D eigenvalue weighted by atomic mass is 32.2. The van der Waals surface area contributed by atoms with Crippen molar-refractivity contribution in [1.82, 2.24) is 5.32 Å². The highest BCUT2D eigenvalue weighted by Gasteiger charge is 2.24. The van der Waals surface area contributed by atoms with Gasteiger partial charge < -0.3 is 5.32 Å². The third-order valence-electron chi connectivity index (χ3n) is 3.18. The lowest BCUT2D eigenvalue weighted by Crippen LogP contribution is -2.27. The molecule has 17 heavy (non-hydrogen) atoms. The van der Waals surface area contributed by atoms with Gasteiger partial charge in [-0.1, -0.05) is 6.92 Å². The van der Waals surface area contributed by atoms with Gasteiger partial charge in [-0.15, -0.1) is 11.8 Å². The van der Waals surface area contributed by atoms with E-state index in [9.17, 15) is 4.39 Å². The molecule has 2 unspecified atom stereocenters. The first-order chi connectivity index (χ1) is 8.28. The lowest BCUT2D eigenvalue weighted by molar-refractivity contribution is 0.524. The molecule has 3 heteroatoms. The normalized spacial score (nSPS) is 24.1. The van der Waals surface area contributed by atoms with Gasteiger partial charge in [-0.3, -0.25) is 0 Å². The average Bonchev–Trinajstić information content (AvgIpc) is 2.77. The molecule has 1 fully saturated rings. The second kappa shape index (κ2) is 6.41. The zero-order valence-corrected chi connectivity index (χ0v) is 11.1. The van der Waals surface area contributed by atoms with Crippen molar-refractivity contribution < 1.29 is 4.39 Å². The number of rotatable bonds is 5. The maximum atomic E-state index is 12.8. The van der Waals surface area contributed by atoms with Gasteiger partial charge in [0.05, 0.1) is 0 Å². The van der Waals surface area contributed by atoms with Crippen molar-refractivity contribution in [2.75, 3.05) is 6.54 Å². The number of halogens is 1. The van der Waals surface area contributed by atoms with Crippen molar-refractivity contribution in [3.05, 3.63) is 30.1 Å². The number of thioether (sulfide) groups is 1. The van der Waals surface area contributed by atoms with Crippen molar-refractivity contribution in [1.29, 1.82) is 0 Å². The molecule has 1 aliphatic carbocycles. The Labute approximate surface area is 107 Å². The summed E-state index contributed by atoms with van der Waals surface area (Å²) in [6.45, 7) is 3.32. The van der Waals surface area contributed by atoms with Crippen molar-refractivity contribution >= 4 is 11.8 Å². The molecule has 0 aliphatic heterocycles. The van der Waals surface area contributed by atoms with Crippen LogP contribution in [0.5, 0.6) is 0 Å². The summed E-state index contributed by atoms with van der Waals surface area (Å²) in [6, 6.07) is 7.54. The van der Waals surface area contributed by atoms with Crippen molar-refractivity contribution in [2.24, 2.45) is 0 Å². The molecule has 1 aromatic carbocycles. The molecule has 1 saturated carbocycles. The number of hydrogen-bond acceptors (Lipinski definition) is 2. The summed E-state index contributed by atoms with van der Waals surface area (Å²) >= 11 is 1.89. The Morgan fingerprint density at radius 1 is 1.29 bits per heavy atom. The summed E-state index contributed by atoms with van der Waals surface area (Å²) < 4.78 is 12.8. The highest BCUT2D eigenvalue weighted by molar-refractivity contribution is 8.00. The van der Waals surface area contributed by atoms with Gasteiger partial charge in [0.25, 0.3) is 0 Å². The van der Waals surface area contributed by atoms with E-state index in [1.54, 1.807) is 12.1 Å². The molecule has 0 radical (unpaired) electrons. The summed E-state index contributed by atoms with van der Waals surface area (Å²) in [6.07, 6.45) is 4.98. The fraction of sp³-hybridized carbons (Fsp3) is 0.571. The van der Waals surface area contributed by atoms with Crippen LogP contribution < -0.4 is 5.32 Å². The van der Waals surface area contributed by atoms with Crippen LogP contribution >= 0.6 is 11.8 Å². The maximum Gasteiger partial charge on any atom is 0.123 e. The Morgan fingerprint density at radius 2 is 2.06 bits per heavy atom. The van der Waals surface area contributed by atoms with Gasteiger partial charge in [-0.05, 0) is 56.5 Å². The zero-order valence-electron chi connectivity index (χ0n) is 10.3. The SMILES string of the molecule is CCCNC1CCC(Sc2ccc(F)cc2)C1. The van der Waals surface area contributed by atoms with Crippen LogP contribution in [0.2, 0.25) is 0 Å². The molecule has 1 nitrogen and oxygen atoms in total. The fourth-order valence-electron chi connectivity index (χ4n) is 2.29. The topological polar surface area (TPSA) is 12.0 Å². The van der Waals surface area contributed by atoms with Crippen molar-refractivity contribution in [3.63, 3.8) is 0 Å². The van der Waals surface area contributed by atoms with Crippen LogP contribution in [-0.4, -0.2) is 17.8 Å². The largest absolute Gasteiger partial charge is 0.314 e. The highest BCUT2D eigenvalue weighted by Crippen LogP contribution is 2.34. The molecule has 2 atom stereocenters. The number of nitrogens with one attached hydrogen (secondary N) is 1. The standard InChI is InChI=1S/C14H20FNS/c1-2-9-16-12-5-8-14(10-12)17-13-6-3-11(15)4-7-13/h3-4,6-7,12,14,16H,2,5,8-10H2,1H3. The summed E-state index contributed by atoms with van der Waals surface area (Å²) in [5, 5.41) is 4.27. The first kappa shape index (κ1) is 12.9. The van der Waals surface area contributed by atoms with Crippen LogP contribution in [0.3, 0.4) is 0 Å². The summed E-state index contributed by atoms with van der Waals surface area (Å²) in [5.41, 5.74) is 0. The van der Waals surface area contributed by atoms with Gasteiger partial charge in [0.1, 0.15) is 5.82 Å². The predicted molar refractivity (Wildman–Crippen MR) is 72.0 cm³/mol. The molecule has 1 N–H and O–H groups in total. The lowest BCUT2D eigenvalue weighted by Gasteiger charge is -2.12. The van der Waals surface area contributed by atoms with Gasteiger partial charge in [-0.2, -0.15) is 0 Å². The van der Waals surface area contributed by atoms with Gasteiger partial charge in [0.15, 0.2) is 0 Å². The van der Waals surface area contributed by atoms with Crippen LogP contribution in [-0.2, 0) is 0 Å². The molecule has 0 spiro atoms. The summed E-state index contributed by atoms with van der Waals surface area (Å²) in [5.74, 6) is -0.150. The minimum Gasteiger partial charge on any atom is -0.314 e. The van der Waals surface area contributed by atoms with E-state index < -0.39 is 0 Å². The Morgan fingerprint density at radius 3 is 2.76 bits per heavy atom. The van der Waals surface area contributed by atoms with E-state index in [2.05, 4.69) is 12.2 Å². The molecule has 0 saturated heterocycles. The van der Waals surface area contributed by atoms with E-state index in [4.69, 9.17) is 0 Å². The Bertz CT molecular complexity index is 339. The van der Waals surface area contributed by atoms with Crippen molar-refractivity contribution in [3.8, 4) is 0 Å². The number of benzene rings is 1. The Balaban J connectivity index is 1.79. The third-order valence-corrected chi connectivity index (χ3v) is 4.49. The van der Waals surface area contributed by atoms with E-state index in [0.717, 1.165) is 6.54 Å². The van der Waals surface area contributed by atoms with Gasteiger partial charge >= 0.3 is 0 Å². The molecule has 1 aromatic rings. The summed E-state index contributed by atoms with van der Waals surface area (Å²) in [7, 11) is 0. The van der Waals surface area contributed by atoms with E-state index >= 15 is 0 Å². The third kappa shape index (κ3) is 4.00. The molecule has 1 aliphatic rings. The minimum atomic E-state index is -0.150. The lowest BCUT2D eigenvalue weighted by atomic mass is 10.2. The molecular formula is C14H20FNS. The van der Waals surface area contributed by atoms with Crippen LogP contribution in [0.15, 0.2) is 29.2 Å². The van der Waals surface area contributed by atoms with Crippen LogP contribution in [0.25, 0.3) is 0 Å².